The lowest BCUT2D eigenvalue weighted by Gasteiger charge is -2.28. The first kappa shape index (κ1) is 17.4. The minimum absolute atomic E-state index is 0.527. The molecule has 3 aromatic rings. The second-order valence-corrected chi connectivity index (χ2v) is 8.47. The van der Waals surface area contributed by atoms with Gasteiger partial charge in [0.05, 0.1) is 16.6 Å². The Bertz CT molecular complexity index is 1030. The van der Waals surface area contributed by atoms with E-state index < -0.39 is 0 Å². The van der Waals surface area contributed by atoms with E-state index in [0.717, 1.165) is 53.1 Å². The maximum absolute atomic E-state index is 9.53. The average Bonchev–Trinajstić information content (AvgIpc) is 3.06. The lowest BCUT2D eigenvalue weighted by Crippen LogP contribution is -2.43. The average molecular weight is 391 g/mol. The second kappa shape index (κ2) is 7.38. The number of anilines is 3. The molecule has 3 aromatic heterocycles. The topological polar surface area (TPSA) is 76.9 Å². The molecule has 4 heterocycles. The molecule has 0 amide bonds. The van der Waals surface area contributed by atoms with Crippen LogP contribution in [0.1, 0.15) is 35.6 Å². The maximum Gasteiger partial charge on any atom is 0.131 e. The Balaban J connectivity index is 1.39. The van der Waals surface area contributed by atoms with E-state index in [9.17, 15) is 5.26 Å². The number of piperazine rings is 1. The monoisotopic (exact) mass is 390 g/mol. The molecule has 1 aliphatic carbocycles. The molecule has 28 heavy (non-hydrogen) atoms. The maximum atomic E-state index is 9.53. The number of rotatable bonds is 4. The van der Waals surface area contributed by atoms with Crippen LogP contribution in [0.25, 0.3) is 10.1 Å². The molecule has 0 unspecified atom stereocenters. The summed E-state index contributed by atoms with van der Waals surface area (Å²) in [6.07, 6.45) is 7.37. The molecule has 5 rings (SSSR count). The van der Waals surface area contributed by atoms with Gasteiger partial charge in [-0.1, -0.05) is 6.42 Å². The van der Waals surface area contributed by atoms with Crippen LogP contribution in [0.5, 0.6) is 0 Å². The van der Waals surface area contributed by atoms with E-state index in [0.29, 0.717) is 5.92 Å². The van der Waals surface area contributed by atoms with E-state index in [1.54, 1.807) is 11.3 Å². The summed E-state index contributed by atoms with van der Waals surface area (Å²) in [7, 11) is 0. The van der Waals surface area contributed by atoms with Gasteiger partial charge in [-0.2, -0.15) is 5.26 Å². The van der Waals surface area contributed by atoms with Crippen molar-refractivity contribution >= 4 is 38.7 Å². The molecule has 142 valence electrons. The summed E-state index contributed by atoms with van der Waals surface area (Å²) in [5.74, 6) is 2.34. The smallest absolute Gasteiger partial charge is 0.131 e. The Hall–Kier alpha value is -2.69. The lowest BCUT2D eigenvalue weighted by molar-refractivity contribution is 0.422. The summed E-state index contributed by atoms with van der Waals surface area (Å²) in [5, 5.41) is 17.4. The van der Waals surface area contributed by atoms with Crippen LogP contribution in [0, 0.1) is 11.3 Å². The normalized spacial score (nSPS) is 17.3. The third-order valence-corrected chi connectivity index (χ3v) is 6.75. The van der Waals surface area contributed by atoms with Gasteiger partial charge in [-0.3, -0.25) is 0 Å². The fourth-order valence-corrected chi connectivity index (χ4v) is 5.00. The number of nitrogens with one attached hydrogen (secondary N) is 2. The van der Waals surface area contributed by atoms with Gasteiger partial charge in [-0.15, -0.1) is 11.3 Å². The molecule has 1 saturated heterocycles. The number of nitrogens with zero attached hydrogens (tertiary/aromatic N) is 4. The van der Waals surface area contributed by atoms with Crippen molar-refractivity contribution in [1.82, 2.24) is 15.3 Å². The van der Waals surface area contributed by atoms with Crippen molar-refractivity contribution in [1.29, 1.82) is 5.26 Å². The van der Waals surface area contributed by atoms with Crippen molar-refractivity contribution in [3.8, 4) is 6.07 Å². The molecule has 0 radical (unpaired) electrons. The van der Waals surface area contributed by atoms with E-state index in [1.165, 1.54) is 30.2 Å². The van der Waals surface area contributed by atoms with Gasteiger partial charge in [-0.25, -0.2) is 9.97 Å². The molecule has 2 aliphatic rings. The first-order valence-corrected chi connectivity index (χ1v) is 10.6. The zero-order valence-electron chi connectivity index (χ0n) is 15.6. The van der Waals surface area contributed by atoms with Gasteiger partial charge in [0.25, 0.3) is 0 Å². The van der Waals surface area contributed by atoms with Crippen LogP contribution in [-0.2, 0) is 0 Å². The molecule has 0 aromatic carbocycles. The Morgan fingerprint density at radius 3 is 2.71 bits per heavy atom. The van der Waals surface area contributed by atoms with E-state index in [-0.39, 0.29) is 0 Å². The number of thiophene rings is 1. The summed E-state index contributed by atoms with van der Waals surface area (Å²) in [6.45, 7) is 3.98. The van der Waals surface area contributed by atoms with Gasteiger partial charge in [-0.05, 0) is 42.5 Å². The van der Waals surface area contributed by atoms with Gasteiger partial charge >= 0.3 is 0 Å². The zero-order chi connectivity index (χ0) is 18.9. The second-order valence-electron chi connectivity index (χ2n) is 7.42. The highest BCUT2D eigenvalue weighted by Crippen LogP contribution is 2.45. The van der Waals surface area contributed by atoms with Crippen LogP contribution in [0.15, 0.2) is 30.6 Å². The van der Waals surface area contributed by atoms with Gasteiger partial charge in [0, 0.05) is 37.8 Å². The first-order valence-electron chi connectivity index (χ1n) is 9.83. The zero-order valence-corrected chi connectivity index (χ0v) is 16.4. The molecule has 0 bridgehead atoms. The van der Waals surface area contributed by atoms with E-state index in [4.69, 9.17) is 0 Å². The Morgan fingerprint density at radius 1 is 1.18 bits per heavy atom. The molecule has 1 aliphatic heterocycles. The van der Waals surface area contributed by atoms with E-state index in [2.05, 4.69) is 49.8 Å². The fourth-order valence-electron chi connectivity index (χ4n) is 3.96. The van der Waals surface area contributed by atoms with Crippen molar-refractivity contribution in [2.24, 2.45) is 0 Å². The standard InChI is InChI=1S/C21H22N6S/c22-11-17-21(14-2-1-3-14)16-10-19(24-13-18(16)28-17)26-15-4-5-20(25-12-15)27-8-6-23-7-9-27/h4-5,10,12-14,23H,1-3,6-9H2,(H,24,26). The quantitative estimate of drug-likeness (QED) is 0.702. The molecule has 6 nitrogen and oxygen atoms in total. The number of pyridine rings is 2. The molecule has 2 N–H and O–H groups in total. The highest BCUT2D eigenvalue weighted by atomic mass is 32.1. The minimum atomic E-state index is 0.527. The SMILES string of the molecule is N#Cc1sc2cnc(Nc3ccc(N4CCNCC4)nc3)cc2c1C1CCC1. The predicted molar refractivity (Wildman–Crippen MR) is 114 cm³/mol. The van der Waals surface area contributed by atoms with Crippen LogP contribution < -0.4 is 15.5 Å². The molecule has 2 fully saturated rings. The highest BCUT2D eigenvalue weighted by molar-refractivity contribution is 7.19. The van der Waals surface area contributed by atoms with Gasteiger partial charge in [0.1, 0.15) is 22.6 Å². The Labute approximate surface area is 168 Å². The first-order chi connectivity index (χ1) is 13.8. The van der Waals surface area contributed by atoms with Gasteiger partial charge in [0.2, 0.25) is 0 Å². The number of hydrogen-bond acceptors (Lipinski definition) is 7. The molecule has 0 spiro atoms. The van der Waals surface area contributed by atoms with Crippen molar-refractivity contribution < 1.29 is 0 Å². The summed E-state index contributed by atoms with van der Waals surface area (Å²) in [4.78, 5) is 12.3. The third-order valence-electron chi connectivity index (χ3n) is 5.69. The fraction of sp³-hybridized carbons (Fsp3) is 0.381. The van der Waals surface area contributed by atoms with Crippen LogP contribution in [0.2, 0.25) is 0 Å². The summed E-state index contributed by atoms with van der Waals surface area (Å²) < 4.78 is 1.09. The molecular weight excluding hydrogens is 368 g/mol. The van der Waals surface area contributed by atoms with Crippen LogP contribution >= 0.6 is 11.3 Å². The van der Waals surface area contributed by atoms with Crippen LogP contribution in [-0.4, -0.2) is 36.1 Å². The Kier molecular flexibility index (Phi) is 4.59. The largest absolute Gasteiger partial charge is 0.354 e. The summed E-state index contributed by atoms with van der Waals surface area (Å²) in [5.41, 5.74) is 2.15. The molecule has 0 atom stereocenters. The number of nitriles is 1. The Morgan fingerprint density at radius 2 is 2.04 bits per heavy atom. The molecular formula is C21H22N6S. The van der Waals surface area contributed by atoms with Crippen molar-refractivity contribution in [2.45, 2.75) is 25.2 Å². The van der Waals surface area contributed by atoms with Crippen molar-refractivity contribution in [2.75, 3.05) is 36.4 Å². The molecule has 7 heteroatoms. The van der Waals surface area contributed by atoms with Crippen molar-refractivity contribution in [3.63, 3.8) is 0 Å². The highest BCUT2D eigenvalue weighted by Gasteiger charge is 2.26. The molecule has 1 saturated carbocycles. The third kappa shape index (κ3) is 3.19. The van der Waals surface area contributed by atoms with Gasteiger partial charge < -0.3 is 15.5 Å². The van der Waals surface area contributed by atoms with Gasteiger partial charge in [0.15, 0.2) is 0 Å². The predicted octanol–water partition coefficient (Wildman–Crippen LogP) is 3.98. The van der Waals surface area contributed by atoms with E-state index >= 15 is 0 Å². The van der Waals surface area contributed by atoms with Crippen LogP contribution in [0.4, 0.5) is 17.3 Å². The number of aromatic nitrogens is 2. The number of fused-ring (bicyclic) bond motifs is 1. The summed E-state index contributed by atoms with van der Waals surface area (Å²) in [6, 6.07) is 8.59. The minimum Gasteiger partial charge on any atom is -0.354 e. The van der Waals surface area contributed by atoms with Crippen LogP contribution in [0.3, 0.4) is 0 Å². The lowest BCUT2D eigenvalue weighted by atomic mass is 9.79. The summed E-state index contributed by atoms with van der Waals surface area (Å²) >= 11 is 1.56. The number of hydrogen-bond donors (Lipinski definition) is 2. The van der Waals surface area contributed by atoms with Crippen molar-refractivity contribution in [3.05, 3.63) is 41.0 Å². The van der Waals surface area contributed by atoms with E-state index in [1.807, 2.05) is 12.4 Å².